The highest BCUT2D eigenvalue weighted by atomic mass is 16.5. The first kappa shape index (κ1) is 17.8. The lowest BCUT2D eigenvalue weighted by Crippen LogP contribution is -2.04. The van der Waals surface area contributed by atoms with Crippen LogP contribution in [0.4, 0.5) is 0 Å². The van der Waals surface area contributed by atoms with E-state index in [1.807, 2.05) is 18.2 Å². The normalized spacial score (nSPS) is 11.9. The van der Waals surface area contributed by atoms with E-state index in [2.05, 4.69) is 4.98 Å². The highest BCUT2D eigenvalue weighted by Crippen LogP contribution is 2.37. The molecular formula is C20H21NO5. The van der Waals surface area contributed by atoms with E-state index in [1.54, 1.807) is 52.8 Å². The van der Waals surface area contributed by atoms with Crippen molar-refractivity contribution in [2.75, 3.05) is 28.4 Å². The van der Waals surface area contributed by atoms with Crippen LogP contribution in [-0.4, -0.2) is 38.5 Å². The Bertz CT molecular complexity index is 925. The highest BCUT2D eigenvalue weighted by molar-refractivity contribution is 5.88. The Morgan fingerprint density at radius 2 is 1.38 bits per heavy atom. The van der Waals surface area contributed by atoms with E-state index in [-0.39, 0.29) is 0 Å². The van der Waals surface area contributed by atoms with Gasteiger partial charge in [-0.1, -0.05) is 6.07 Å². The van der Waals surface area contributed by atoms with Crippen molar-refractivity contribution in [1.82, 2.24) is 4.98 Å². The number of aliphatic hydroxyl groups excluding tert-OH is 1. The van der Waals surface area contributed by atoms with Crippen LogP contribution in [0.15, 0.2) is 42.6 Å². The minimum atomic E-state index is -0.934. The van der Waals surface area contributed by atoms with Crippen LogP contribution in [0.5, 0.6) is 23.0 Å². The smallest absolute Gasteiger partial charge is 0.161 e. The van der Waals surface area contributed by atoms with Crippen LogP contribution in [0.25, 0.3) is 10.8 Å². The lowest BCUT2D eigenvalue weighted by molar-refractivity contribution is 0.216. The molecule has 3 aromatic rings. The van der Waals surface area contributed by atoms with Gasteiger partial charge in [-0.05, 0) is 41.3 Å². The number of rotatable bonds is 6. The number of hydrogen-bond donors (Lipinski definition) is 1. The van der Waals surface area contributed by atoms with Gasteiger partial charge < -0.3 is 24.1 Å². The summed E-state index contributed by atoms with van der Waals surface area (Å²) in [7, 11) is 6.29. The number of aromatic nitrogens is 1. The van der Waals surface area contributed by atoms with Crippen LogP contribution in [0, 0.1) is 0 Å². The summed E-state index contributed by atoms with van der Waals surface area (Å²) in [6.07, 6.45) is 0.727. The molecule has 0 unspecified atom stereocenters. The van der Waals surface area contributed by atoms with Gasteiger partial charge in [0.2, 0.25) is 0 Å². The molecule has 1 N–H and O–H groups in total. The molecule has 0 saturated carbocycles. The van der Waals surface area contributed by atoms with E-state index < -0.39 is 6.10 Å². The summed E-state index contributed by atoms with van der Waals surface area (Å²) in [5.41, 5.74) is 1.17. The van der Waals surface area contributed by atoms with Gasteiger partial charge in [-0.3, -0.25) is 4.98 Å². The molecule has 0 aliphatic carbocycles. The van der Waals surface area contributed by atoms with Gasteiger partial charge in [0.25, 0.3) is 0 Å². The number of nitrogens with zero attached hydrogens (tertiary/aromatic N) is 1. The summed E-state index contributed by atoms with van der Waals surface area (Å²) in [6.45, 7) is 0. The van der Waals surface area contributed by atoms with Gasteiger partial charge in [-0.25, -0.2) is 0 Å². The molecule has 0 bridgehead atoms. The average Bonchev–Trinajstić information content (AvgIpc) is 2.70. The Balaban J connectivity index is 2.12. The van der Waals surface area contributed by atoms with Gasteiger partial charge in [0.15, 0.2) is 23.0 Å². The second-order valence-corrected chi connectivity index (χ2v) is 5.64. The van der Waals surface area contributed by atoms with E-state index in [9.17, 15) is 5.11 Å². The second-order valence-electron chi connectivity index (χ2n) is 5.64. The predicted molar refractivity (Wildman–Crippen MR) is 98.5 cm³/mol. The van der Waals surface area contributed by atoms with E-state index >= 15 is 0 Å². The lowest BCUT2D eigenvalue weighted by atomic mass is 10.00. The third-order valence-corrected chi connectivity index (χ3v) is 4.28. The summed E-state index contributed by atoms with van der Waals surface area (Å²) < 4.78 is 21.3. The van der Waals surface area contributed by atoms with Gasteiger partial charge in [-0.15, -0.1) is 0 Å². The molecular weight excluding hydrogens is 334 g/mol. The maximum atomic E-state index is 10.9. The standard InChI is InChI=1S/C20H21NO5/c1-23-15-6-5-13(10-16(15)24-2)20(22)19-14-11-18(26-4)17(25-3)9-12(14)7-8-21-19/h5-11,20,22H,1-4H3/t20-/m0/s1. The molecule has 1 heterocycles. The molecule has 6 nitrogen and oxygen atoms in total. The first-order valence-corrected chi connectivity index (χ1v) is 8.03. The van der Waals surface area contributed by atoms with Crippen molar-refractivity contribution >= 4 is 10.8 Å². The molecule has 0 aliphatic heterocycles. The fourth-order valence-electron chi connectivity index (χ4n) is 2.92. The van der Waals surface area contributed by atoms with Gasteiger partial charge in [0.05, 0.1) is 34.1 Å². The van der Waals surface area contributed by atoms with Crippen LogP contribution in [0.3, 0.4) is 0 Å². The van der Waals surface area contributed by atoms with Crippen LogP contribution in [-0.2, 0) is 0 Å². The third-order valence-electron chi connectivity index (χ3n) is 4.28. The van der Waals surface area contributed by atoms with Gasteiger partial charge >= 0.3 is 0 Å². The van der Waals surface area contributed by atoms with Crippen LogP contribution < -0.4 is 18.9 Å². The minimum absolute atomic E-state index is 0.524. The summed E-state index contributed by atoms with van der Waals surface area (Å²) in [5.74, 6) is 2.34. The number of fused-ring (bicyclic) bond motifs is 1. The maximum absolute atomic E-state index is 10.9. The quantitative estimate of drug-likeness (QED) is 0.731. The lowest BCUT2D eigenvalue weighted by Gasteiger charge is -2.16. The number of aliphatic hydroxyl groups is 1. The molecule has 2 aromatic carbocycles. The Labute approximate surface area is 151 Å². The molecule has 0 aliphatic rings. The van der Waals surface area contributed by atoms with Crippen molar-refractivity contribution in [3.8, 4) is 23.0 Å². The maximum Gasteiger partial charge on any atom is 0.161 e. The van der Waals surface area contributed by atoms with Crippen molar-refractivity contribution in [3.05, 3.63) is 53.9 Å². The molecule has 0 radical (unpaired) electrons. The largest absolute Gasteiger partial charge is 0.493 e. The zero-order valence-electron chi connectivity index (χ0n) is 15.1. The van der Waals surface area contributed by atoms with Gasteiger partial charge in [0.1, 0.15) is 6.10 Å². The third kappa shape index (κ3) is 3.11. The van der Waals surface area contributed by atoms with Crippen molar-refractivity contribution in [3.63, 3.8) is 0 Å². The van der Waals surface area contributed by atoms with Gasteiger partial charge in [-0.2, -0.15) is 0 Å². The Kier molecular flexibility index (Phi) is 5.14. The number of pyridine rings is 1. The van der Waals surface area contributed by atoms with Crippen molar-refractivity contribution < 1.29 is 24.1 Å². The van der Waals surface area contributed by atoms with E-state index in [1.165, 1.54) is 0 Å². The number of hydrogen-bond acceptors (Lipinski definition) is 6. The molecule has 0 saturated heterocycles. The average molecular weight is 355 g/mol. The van der Waals surface area contributed by atoms with Gasteiger partial charge in [0, 0.05) is 11.6 Å². The predicted octanol–water partition coefficient (Wildman–Crippen LogP) is 3.35. The second kappa shape index (κ2) is 7.49. The van der Waals surface area contributed by atoms with E-state index in [4.69, 9.17) is 18.9 Å². The molecule has 26 heavy (non-hydrogen) atoms. The number of ether oxygens (including phenoxy) is 4. The van der Waals surface area contributed by atoms with Crippen LogP contribution in [0.1, 0.15) is 17.4 Å². The summed E-state index contributed by atoms with van der Waals surface area (Å²) in [6, 6.07) is 10.8. The molecule has 0 fully saturated rings. The Morgan fingerprint density at radius 1 is 0.769 bits per heavy atom. The van der Waals surface area contributed by atoms with E-state index in [0.717, 1.165) is 10.8 Å². The van der Waals surface area contributed by atoms with Crippen molar-refractivity contribution in [2.45, 2.75) is 6.10 Å². The van der Waals surface area contributed by atoms with E-state index in [0.29, 0.717) is 34.3 Å². The molecule has 136 valence electrons. The Hall–Kier alpha value is -2.99. The van der Waals surface area contributed by atoms with Crippen LogP contribution in [0.2, 0.25) is 0 Å². The summed E-state index contributed by atoms with van der Waals surface area (Å²) in [4.78, 5) is 4.39. The van der Waals surface area contributed by atoms with Crippen molar-refractivity contribution in [2.24, 2.45) is 0 Å². The number of benzene rings is 2. The minimum Gasteiger partial charge on any atom is -0.493 e. The molecule has 3 rings (SSSR count). The SMILES string of the molecule is COc1ccc([C@H](O)c2nccc3cc(OC)c(OC)cc23)cc1OC. The molecule has 0 amide bonds. The topological polar surface area (TPSA) is 70.0 Å². The molecule has 1 atom stereocenters. The molecule has 0 spiro atoms. The van der Waals surface area contributed by atoms with Crippen molar-refractivity contribution in [1.29, 1.82) is 0 Å². The molecule has 6 heteroatoms. The fourth-order valence-corrected chi connectivity index (χ4v) is 2.92. The summed E-state index contributed by atoms with van der Waals surface area (Å²) >= 11 is 0. The monoisotopic (exact) mass is 355 g/mol. The first-order chi connectivity index (χ1) is 12.6. The van der Waals surface area contributed by atoms with Crippen LogP contribution >= 0.6 is 0 Å². The zero-order valence-corrected chi connectivity index (χ0v) is 15.1. The fraction of sp³-hybridized carbons (Fsp3) is 0.250. The highest BCUT2D eigenvalue weighted by Gasteiger charge is 2.19. The first-order valence-electron chi connectivity index (χ1n) is 8.03. The zero-order chi connectivity index (χ0) is 18.7. The number of methoxy groups -OCH3 is 4. The molecule has 1 aromatic heterocycles. The Morgan fingerprint density at radius 3 is 2.04 bits per heavy atom. The summed E-state index contributed by atoms with van der Waals surface area (Å²) in [5, 5.41) is 12.6.